The van der Waals surface area contributed by atoms with E-state index in [9.17, 15) is 0 Å². The minimum absolute atomic E-state index is 0. The van der Waals surface area contributed by atoms with Crippen LogP contribution in [0.3, 0.4) is 0 Å². The van der Waals surface area contributed by atoms with Crippen LogP contribution in [0.1, 0.15) is 31.7 Å². The van der Waals surface area contributed by atoms with Crippen LogP contribution in [0.2, 0.25) is 0 Å². The van der Waals surface area contributed by atoms with Crippen molar-refractivity contribution in [1.29, 1.82) is 0 Å². The average Bonchev–Trinajstić information content (AvgIpc) is 2.80. The Morgan fingerprint density at radius 3 is 2.65 bits per heavy atom. The number of hydrogen-bond acceptors (Lipinski definition) is 5. The predicted octanol–water partition coefficient (Wildman–Crippen LogP) is 3.83. The Balaban J connectivity index is 0.00000341. The lowest BCUT2D eigenvalue weighted by Crippen LogP contribution is -2.41. The van der Waals surface area contributed by atoms with Gasteiger partial charge in [0, 0.05) is 38.9 Å². The lowest BCUT2D eigenvalue weighted by molar-refractivity contribution is 0.223. The van der Waals surface area contributed by atoms with Gasteiger partial charge in [-0.1, -0.05) is 6.07 Å². The molecule has 1 unspecified atom stereocenters. The molecule has 0 bridgehead atoms. The summed E-state index contributed by atoms with van der Waals surface area (Å²) in [7, 11) is 3.42. The van der Waals surface area contributed by atoms with Crippen LogP contribution in [0.15, 0.2) is 47.6 Å². The van der Waals surface area contributed by atoms with Gasteiger partial charge in [-0.2, -0.15) is 0 Å². The molecule has 1 atom stereocenters. The standard InChI is InChI=1S/C23H33N5O2.HI/c1-18(30-21-9-7-8-20(15-21)29-3)16-26-23(24-2)27-17-19-10-11-25-22(14-19)28-12-5-4-6-13-28;/h7-11,14-15,18H,4-6,12-13,16-17H2,1-3H3,(H2,24,26,27);1H. The van der Waals surface area contributed by atoms with Crippen molar-refractivity contribution in [2.45, 2.75) is 38.8 Å². The van der Waals surface area contributed by atoms with E-state index in [1.54, 1.807) is 14.2 Å². The van der Waals surface area contributed by atoms with Crippen LogP contribution < -0.4 is 25.0 Å². The Morgan fingerprint density at radius 2 is 1.90 bits per heavy atom. The molecule has 31 heavy (non-hydrogen) atoms. The van der Waals surface area contributed by atoms with Crippen molar-refractivity contribution in [2.24, 2.45) is 4.99 Å². The summed E-state index contributed by atoms with van der Waals surface area (Å²) in [4.78, 5) is 11.2. The highest BCUT2D eigenvalue weighted by Crippen LogP contribution is 2.20. The smallest absolute Gasteiger partial charge is 0.191 e. The molecule has 1 aliphatic rings. The van der Waals surface area contributed by atoms with E-state index < -0.39 is 0 Å². The Hall–Kier alpha value is -2.23. The van der Waals surface area contributed by atoms with Crippen molar-refractivity contribution in [2.75, 3.05) is 38.7 Å². The van der Waals surface area contributed by atoms with Gasteiger partial charge in [-0.25, -0.2) is 4.98 Å². The van der Waals surface area contributed by atoms with E-state index in [0.717, 1.165) is 36.4 Å². The summed E-state index contributed by atoms with van der Waals surface area (Å²) in [6.07, 6.45) is 5.68. The van der Waals surface area contributed by atoms with Crippen molar-refractivity contribution in [3.63, 3.8) is 0 Å². The second-order valence-electron chi connectivity index (χ2n) is 7.48. The molecule has 0 amide bonds. The fraction of sp³-hybridized carbons (Fsp3) is 0.478. The van der Waals surface area contributed by atoms with Gasteiger partial charge < -0.3 is 25.0 Å². The molecule has 0 spiro atoms. The number of methoxy groups -OCH3 is 1. The summed E-state index contributed by atoms with van der Waals surface area (Å²) in [5.74, 6) is 3.38. The highest BCUT2D eigenvalue weighted by atomic mass is 127. The molecule has 3 rings (SSSR count). The number of pyridine rings is 1. The number of rotatable bonds is 8. The zero-order chi connectivity index (χ0) is 21.2. The van der Waals surface area contributed by atoms with Gasteiger partial charge >= 0.3 is 0 Å². The molecule has 2 N–H and O–H groups in total. The molecular weight excluding hydrogens is 505 g/mol. The number of benzene rings is 1. The van der Waals surface area contributed by atoms with E-state index in [4.69, 9.17) is 9.47 Å². The van der Waals surface area contributed by atoms with Crippen LogP contribution in [0.5, 0.6) is 11.5 Å². The fourth-order valence-electron chi connectivity index (χ4n) is 3.46. The first kappa shape index (κ1) is 25.0. The van der Waals surface area contributed by atoms with Crippen molar-refractivity contribution in [1.82, 2.24) is 15.6 Å². The maximum absolute atomic E-state index is 5.96. The molecule has 8 heteroatoms. The van der Waals surface area contributed by atoms with Crippen LogP contribution in [-0.4, -0.2) is 50.8 Å². The summed E-state index contributed by atoms with van der Waals surface area (Å²) in [5.41, 5.74) is 1.19. The van der Waals surface area contributed by atoms with Crippen LogP contribution in [-0.2, 0) is 6.54 Å². The largest absolute Gasteiger partial charge is 0.497 e. The predicted molar refractivity (Wildman–Crippen MR) is 137 cm³/mol. The molecule has 0 saturated carbocycles. The summed E-state index contributed by atoms with van der Waals surface area (Å²) in [5, 5.41) is 6.69. The first-order chi connectivity index (χ1) is 14.7. The Kier molecular flexibility index (Phi) is 10.7. The molecule has 1 fully saturated rings. The van der Waals surface area contributed by atoms with Crippen molar-refractivity contribution in [3.8, 4) is 11.5 Å². The molecule has 0 radical (unpaired) electrons. The van der Waals surface area contributed by atoms with Crippen molar-refractivity contribution >= 4 is 35.8 Å². The van der Waals surface area contributed by atoms with Crippen molar-refractivity contribution < 1.29 is 9.47 Å². The number of anilines is 1. The van der Waals surface area contributed by atoms with Gasteiger partial charge in [-0.05, 0) is 56.0 Å². The van der Waals surface area contributed by atoms with E-state index in [2.05, 4.69) is 31.6 Å². The molecule has 2 aromatic rings. The van der Waals surface area contributed by atoms with Crippen molar-refractivity contribution in [3.05, 3.63) is 48.2 Å². The minimum Gasteiger partial charge on any atom is -0.497 e. The number of aliphatic imine (C=N–C) groups is 1. The van der Waals surface area contributed by atoms with E-state index in [1.807, 2.05) is 43.5 Å². The highest BCUT2D eigenvalue weighted by Gasteiger charge is 2.12. The lowest BCUT2D eigenvalue weighted by Gasteiger charge is -2.28. The Bertz CT molecular complexity index is 827. The summed E-state index contributed by atoms with van der Waals surface area (Å²) < 4.78 is 11.2. The third kappa shape index (κ3) is 8.08. The highest BCUT2D eigenvalue weighted by molar-refractivity contribution is 14.0. The minimum atomic E-state index is -0.0257. The third-order valence-electron chi connectivity index (χ3n) is 5.11. The first-order valence-corrected chi connectivity index (χ1v) is 10.6. The summed E-state index contributed by atoms with van der Waals surface area (Å²) in [6, 6.07) is 11.8. The number of nitrogens with one attached hydrogen (secondary N) is 2. The molecular formula is C23H34IN5O2. The molecule has 1 aromatic heterocycles. The molecule has 1 aromatic carbocycles. The fourth-order valence-corrected chi connectivity index (χ4v) is 3.46. The second-order valence-corrected chi connectivity index (χ2v) is 7.48. The van der Waals surface area contributed by atoms with Gasteiger partial charge in [0.15, 0.2) is 5.96 Å². The van der Waals surface area contributed by atoms with E-state index in [1.165, 1.54) is 24.8 Å². The Labute approximate surface area is 202 Å². The monoisotopic (exact) mass is 539 g/mol. The van der Waals surface area contributed by atoms with Gasteiger partial charge in [0.05, 0.1) is 13.7 Å². The number of guanidine groups is 1. The van der Waals surface area contributed by atoms with E-state index in [-0.39, 0.29) is 30.1 Å². The number of halogens is 1. The van der Waals surface area contributed by atoms with Gasteiger partial charge in [0.2, 0.25) is 0 Å². The number of hydrogen-bond donors (Lipinski definition) is 2. The summed E-state index contributed by atoms with van der Waals surface area (Å²) in [6.45, 7) is 5.53. The zero-order valence-corrected chi connectivity index (χ0v) is 21.0. The quantitative estimate of drug-likeness (QED) is 0.302. The molecule has 2 heterocycles. The van der Waals surface area contributed by atoms with Crippen LogP contribution in [0.25, 0.3) is 0 Å². The maximum atomic E-state index is 5.96. The SMILES string of the molecule is CN=C(NCc1ccnc(N2CCCCC2)c1)NCC(C)Oc1cccc(OC)c1.I. The third-order valence-corrected chi connectivity index (χ3v) is 5.11. The Morgan fingerprint density at radius 1 is 1.13 bits per heavy atom. The van der Waals surface area contributed by atoms with E-state index >= 15 is 0 Å². The number of piperidine rings is 1. The van der Waals surface area contributed by atoms with Gasteiger partial charge in [-0.3, -0.25) is 4.99 Å². The van der Waals surface area contributed by atoms with Crippen LogP contribution >= 0.6 is 24.0 Å². The van der Waals surface area contributed by atoms with Gasteiger partial charge in [0.25, 0.3) is 0 Å². The molecule has 170 valence electrons. The number of ether oxygens (including phenoxy) is 2. The molecule has 0 aliphatic carbocycles. The zero-order valence-electron chi connectivity index (χ0n) is 18.6. The lowest BCUT2D eigenvalue weighted by atomic mass is 10.1. The molecule has 1 saturated heterocycles. The van der Waals surface area contributed by atoms with Crippen LogP contribution in [0.4, 0.5) is 5.82 Å². The first-order valence-electron chi connectivity index (χ1n) is 10.6. The molecule has 1 aliphatic heterocycles. The van der Waals surface area contributed by atoms with Gasteiger partial charge in [-0.15, -0.1) is 24.0 Å². The average molecular weight is 539 g/mol. The van der Waals surface area contributed by atoms with Crippen LogP contribution in [0, 0.1) is 0 Å². The van der Waals surface area contributed by atoms with E-state index in [0.29, 0.717) is 13.1 Å². The maximum Gasteiger partial charge on any atom is 0.191 e. The number of aromatic nitrogens is 1. The molecule has 7 nitrogen and oxygen atoms in total. The second kappa shape index (κ2) is 13.2. The summed E-state index contributed by atoms with van der Waals surface area (Å²) >= 11 is 0. The topological polar surface area (TPSA) is 71.0 Å². The normalized spacial score (nSPS) is 14.9. The number of nitrogens with zero attached hydrogens (tertiary/aromatic N) is 3. The van der Waals surface area contributed by atoms with Gasteiger partial charge in [0.1, 0.15) is 23.4 Å².